The van der Waals surface area contributed by atoms with Crippen LogP contribution in [0.15, 0.2) is 30.3 Å². The summed E-state index contributed by atoms with van der Waals surface area (Å²) in [5.41, 5.74) is -1.09. The van der Waals surface area contributed by atoms with Crippen LogP contribution in [0.4, 0.5) is 0 Å². The number of aliphatic carboxylic acids is 1. The maximum absolute atomic E-state index is 12.1. The molecule has 7 nitrogen and oxygen atoms in total. The summed E-state index contributed by atoms with van der Waals surface area (Å²) in [7, 11) is 0. The van der Waals surface area contributed by atoms with Crippen molar-refractivity contribution in [3.63, 3.8) is 0 Å². The summed E-state index contributed by atoms with van der Waals surface area (Å²) in [5.74, 6) is -2.27. The molecule has 0 spiro atoms. The van der Waals surface area contributed by atoms with E-state index in [1.165, 1.54) is 6.07 Å². The molecule has 0 radical (unpaired) electrons. The molecule has 1 heterocycles. The lowest BCUT2D eigenvalue weighted by Gasteiger charge is -2.23. The second-order valence-corrected chi connectivity index (χ2v) is 5.48. The minimum absolute atomic E-state index is 0.0377. The number of benzene rings is 1. The van der Waals surface area contributed by atoms with Crippen molar-refractivity contribution in [3.8, 4) is 11.3 Å². The lowest BCUT2D eigenvalue weighted by atomic mass is 10.1. The van der Waals surface area contributed by atoms with E-state index in [9.17, 15) is 14.7 Å². The Morgan fingerprint density at radius 1 is 1.39 bits per heavy atom. The fourth-order valence-electron chi connectivity index (χ4n) is 2.07. The zero-order chi connectivity index (χ0) is 17.0. The normalized spacial score (nSPS) is 13.3. The number of carbonyl (C=O) groups is 2. The number of nitrogens with one attached hydrogen (secondary N) is 2. The van der Waals surface area contributed by atoms with Crippen LogP contribution in [0.1, 0.15) is 30.3 Å². The number of nitrogens with zero attached hydrogens (tertiary/aromatic N) is 1. The molecule has 0 aliphatic carbocycles. The Balaban J connectivity index is 2.20. The molecule has 0 fully saturated rings. The van der Waals surface area contributed by atoms with Crippen molar-refractivity contribution in [3.05, 3.63) is 41.0 Å². The molecule has 1 amide bonds. The highest BCUT2D eigenvalue weighted by molar-refractivity contribution is 6.30. The number of amides is 1. The van der Waals surface area contributed by atoms with Crippen LogP contribution >= 0.6 is 11.6 Å². The predicted octanol–water partition coefficient (Wildman–Crippen LogP) is 2.03. The van der Waals surface area contributed by atoms with Gasteiger partial charge in [0.2, 0.25) is 5.72 Å². The molecule has 0 aliphatic heterocycles. The minimum Gasteiger partial charge on any atom is -0.478 e. The van der Waals surface area contributed by atoms with Crippen LogP contribution in [0.25, 0.3) is 11.3 Å². The van der Waals surface area contributed by atoms with Gasteiger partial charge in [-0.1, -0.05) is 37.1 Å². The highest BCUT2D eigenvalue weighted by atomic mass is 35.5. The van der Waals surface area contributed by atoms with Crippen LogP contribution in [0.5, 0.6) is 0 Å². The number of aromatic nitrogens is 2. The molecular formula is C15H16ClN3O4. The van der Waals surface area contributed by atoms with Gasteiger partial charge in [-0.05, 0) is 18.2 Å². The molecule has 2 aromatic rings. The first-order valence-electron chi connectivity index (χ1n) is 6.95. The first kappa shape index (κ1) is 17.0. The summed E-state index contributed by atoms with van der Waals surface area (Å²) >= 11 is 5.91. The molecule has 122 valence electrons. The van der Waals surface area contributed by atoms with Gasteiger partial charge >= 0.3 is 5.97 Å². The van der Waals surface area contributed by atoms with Crippen LogP contribution in [0.2, 0.25) is 5.02 Å². The van der Waals surface area contributed by atoms with Crippen molar-refractivity contribution in [2.24, 2.45) is 0 Å². The molecule has 0 aliphatic rings. The summed E-state index contributed by atoms with van der Waals surface area (Å²) in [6, 6.07) is 8.37. The van der Waals surface area contributed by atoms with Gasteiger partial charge in [0.1, 0.15) is 5.69 Å². The van der Waals surface area contributed by atoms with Crippen molar-refractivity contribution in [1.82, 2.24) is 15.5 Å². The van der Waals surface area contributed by atoms with Gasteiger partial charge in [0.25, 0.3) is 5.91 Å². The number of carboxylic acid groups (broad SMARTS) is 1. The van der Waals surface area contributed by atoms with E-state index in [2.05, 4.69) is 15.5 Å². The number of aliphatic hydroxyl groups is 1. The van der Waals surface area contributed by atoms with Gasteiger partial charge in [0.15, 0.2) is 0 Å². The van der Waals surface area contributed by atoms with Crippen LogP contribution < -0.4 is 5.32 Å². The zero-order valence-electron chi connectivity index (χ0n) is 12.3. The molecule has 23 heavy (non-hydrogen) atoms. The van der Waals surface area contributed by atoms with Crippen molar-refractivity contribution >= 4 is 23.5 Å². The lowest BCUT2D eigenvalue weighted by Crippen LogP contribution is -2.54. The Labute approximate surface area is 137 Å². The van der Waals surface area contributed by atoms with Gasteiger partial charge in [0, 0.05) is 17.0 Å². The van der Waals surface area contributed by atoms with Gasteiger partial charge in [-0.3, -0.25) is 9.89 Å². The average Bonchev–Trinajstić information content (AvgIpc) is 2.97. The van der Waals surface area contributed by atoms with E-state index < -0.39 is 17.6 Å². The van der Waals surface area contributed by atoms with E-state index in [-0.39, 0.29) is 12.1 Å². The standard InChI is InChI=1S/C15H16ClN3O4/c1-2-6-15(23,14(21)22)17-13(20)12-8-11(18-19-12)9-4-3-5-10(16)7-9/h3-5,7-8,23H,2,6H2,1H3,(H,17,20)(H,18,19)(H,21,22). The number of carboxylic acids is 1. The number of carbonyl (C=O) groups excluding carboxylic acids is 1. The van der Waals surface area contributed by atoms with Gasteiger partial charge in [-0.2, -0.15) is 5.10 Å². The molecule has 1 unspecified atom stereocenters. The number of hydrogen-bond acceptors (Lipinski definition) is 4. The van der Waals surface area contributed by atoms with E-state index in [1.807, 2.05) is 0 Å². The maximum atomic E-state index is 12.1. The molecule has 0 bridgehead atoms. The number of aromatic amines is 1. The van der Waals surface area contributed by atoms with Gasteiger partial charge < -0.3 is 15.5 Å². The van der Waals surface area contributed by atoms with Crippen molar-refractivity contribution in [2.45, 2.75) is 25.5 Å². The van der Waals surface area contributed by atoms with Crippen molar-refractivity contribution < 1.29 is 19.8 Å². The molecule has 0 saturated heterocycles. The summed E-state index contributed by atoms with van der Waals surface area (Å²) in [6.45, 7) is 1.70. The van der Waals surface area contributed by atoms with E-state index in [0.29, 0.717) is 22.7 Å². The topological polar surface area (TPSA) is 115 Å². The Bertz CT molecular complexity index is 731. The Morgan fingerprint density at radius 3 is 2.74 bits per heavy atom. The first-order chi connectivity index (χ1) is 10.9. The van der Waals surface area contributed by atoms with Gasteiger partial charge in [-0.25, -0.2) is 4.79 Å². The summed E-state index contributed by atoms with van der Waals surface area (Å²) in [6.07, 6.45) is 0.281. The molecule has 2 rings (SSSR count). The monoisotopic (exact) mass is 337 g/mol. The molecule has 8 heteroatoms. The highest BCUT2D eigenvalue weighted by Crippen LogP contribution is 2.21. The summed E-state index contributed by atoms with van der Waals surface area (Å²) in [5, 5.41) is 28.2. The van der Waals surface area contributed by atoms with Crippen LogP contribution in [-0.2, 0) is 4.79 Å². The predicted molar refractivity (Wildman–Crippen MR) is 84.0 cm³/mol. The highest BCUT2D eigenvalue weighted by Gasteiger charge is 2.37. The van der Waals surface area contributed by atoms with Crippen molar-refractivity contribution in [1.29, 1.82) is 0 Å². The summed E-state index contributed by atoms with van der Waals surface area (Å²) < 4.78 is 0. The largest absolute Gasteiger partial charge is 0.478 e. The molecule has 1 aromatic heterocycles. The van der Waals surface area contributed by atoms with E-state index >= 15 is 0 Å². The van der Waals surface area contributed by atoms with Gasteiger partial charge in [-0.15, -0.1) is 0 Å². The van der Waals surface area contributed by atoms with Crippen LogP contribution in [-0.4, -0.2) is 38.0 Å². The Hall–Kier alpha value is -2.38. The molecule has 1 aromatic carbocycles. The number of halogens is 1. The van der Waals surface area contributed by atoms with Crippen LogP contribution in [0, 0.1) is 0 Å². The van der Waals surface area contributed by atoms with E-state index in [1.54, 1.807) is 31.2 Å². The van der Waals surface area contributed by atoms with Crippen molar-refractivity contribution in [2.75, 3.05) is 0 Å². The number of rotatable bonds is 6. The quantitative estimate of drug-likeness (QED) is 0.602. The minimum atomic E-state index is -2.31. The van der Waals surface area contributed by atoms with Crippen LogP contribution in [0.3, 0.4) is 0 Å². The molecule has 4 N–H and O–H groups in total. The number of hydrogen-bond donors (Lipinski definition) is 4. The first-order valence-corrected chi connectivity index (χ1v) is 7.33. The lowest BCUT2D eigenvalue weighted by molar-refractivity contribution is -0.161. The fourth-order valence-corrected chi connectivity index (χ4v) is 2.26. The third-order valence-electron chi connectivity index (χ3n) is 3.23. The fraction of sp³-hybridized carbons (Fsp3) is 0.267. The summed E-state index contributed by atoms with van der Waals surface area (Å²) in [4.78, 5) is 23.3. The average molecular weight is 338 g/mol. The molecular weight excluding hydrogens is 322 g/mol. The zero-order valence-corrected chi connectivity index (χ0v) is 13.1. The molecule has 0 saturated carbocycles. The molecule has 1 atom stereocenters. The SMILES string of the molecule is CCCC(O)(NC(=O)c1cc(-c2cccc(Cl)c2)n[nH]1)C(=O)O. The van der Waals surface area contributed by atoms with E-state index in [0.717, 1.165) is 0 Å². The second kappa shape index (κ2) is 6.80. The Kier molecular flexibility index (Phi) is 5.02. The van der Waals surface area contributed by atoms with E-state index in [4.69, 9.17) is 16.7 Å². The third-order valence-corrected chi connectivity index (χ3v) is 3.46. The Morgan fingerprint density at radius 2 is 2.13 bits per heavy atom. The maximum Gasteiger partial charge on any atom is 0.357 e. The second-order valence-electron chi connectivity index (χ2n) is 5.05. The third kappa shape index (κ3) is 3.88. The smallest absolute Gasteiger partial charge is 0.357 e. The number of H-pyrrole nitrogens is 1. The van der Waals surface area contributed by atoms with Gasteiger partial charge in [0.05, 0.1) is 5.69 Å².